The van der Waals surface area contributed by atoms with Crippen molar-refractivity contribution in [1.82, 2.24) is 14.9 Å². The summed E-state index contributed by atoms with van der Waals surface area (Å²) in [6.45, 7) is 4.17. The number of hydrogen-bond donors (Lipinski definition) is 1. The molecule has 3 heterocycles. The Labute approximate surface area is 189 Å². The fraction of sp³-hybridized carbons (Fsp3) is 0.462. The van der Waals surface area contributed by atoms with Crippen LogP contribution in [0.25, 0.3) is 11.0 Å². The second-order valence-electron chi connectivity index (χ2n) is 9.02. The molecule has 1 aromatic heterocycles. The Kier molecular flexibility index (Phi) is 5.87. The maximum absolute atomic E-state index is 12.5. The molecule has 3 aromatic rings. The summed E-state index contributed by atoms with van der Waals surface area (Å²) in [6, 6.07) is 15.5. The summed E-state index contributed by atoms with van der Waals surface area (Å²) in [6.07, 6.45) is 5.68. The van der Waals surface area contributed by atoms with Gasteiger partial charge < -0.3 is 14.6 Å². The average molecular weight is 433 g/mol. The van der Waals surface area contributed by atoms with Crippen molar-refractivity contribution in [2.45, 2.75) is 57.5 Å². The van der Waals surface area contributed by atoms with Crippen LogP contribution in [-0.4, -0.2) is 41.9 Å². The minimum absolute atomic E-state index is 0.122. The number of nitrogens with zero attached hydrogens (tertiary/aromatic N) is 3. The van der Waals surface area contributed by atoms with E-state index >= 15 is 0 Å². The van der Waals surface area contributed by atoms with E-state index in [0.717, 1.165) is 68.6 Å². The highest BCUT2D eigenvalue weighted by Crippen LogP contribution is 2.38. The molecular formula is C26H32N4O2. The normalized spacial score (nSPS) is 19.2. The molecule has 0 radical (unpaired) electrons. The van der Waals surface area contributed by atoms with Crippen LogP contribution in [0, 0.1) is 0 Å². The number of carbonyl (C=O) groups is 1. The van der Waals surface area contributed by atoms with Gasteiger partial charge in [-0.2, -0.15) is 0 Å². The van der Waals surface area contributed by atoms with Crippen LogP contribution in [0.3, 0.4) is 0 Å². The van der Waals surface area contributed by atoms with E-state index in [-0.39, 0.29) is 12.1 Å². The SMILES string of the molecule is COC(=O)N1c2ccc3c(nc(CCc4ccccc4)n3C3CCNCC3)c2CC[C@@H]1C. The van der Waals surface area contributed by atoms with E-state index in [0.29, 0.717) is 6.04 Å². The molecule has 1 atom stereocenters. The Morgan fingerprint density at radius 3 is 2.62 bits per heavy atom. The first kappa shape index (κ1) is 21.0. The Morgan fingerprint density at radius 2 is 1.88 bits per heavy atom. The lowest BCUT2D eigenvalue weighted by Crippen LogP contribution is -2.42. The fourth-order valence-electron chi connectivity index (χ4n) is 5.37. The third kappa shape index (κ3) is 3.77. The summed E-state index contributed by atoms with van der Waals surface area (Å²) in [4.78, 5) is 19.5. The number of piperidine rings is 1. The fourth-order valence-corrected chi connectivity index (χ4v) is 5.37. The number of carbonyl (C=O) groups excluding carboxylic acids is 1. The third-order valence-corrected chi connectivity index (χ3v) is 7.05. The van der Waals surface area contributed by atoms with Gasteiger partial charge in [-0.3, -0.25) is 4.90 Å². The van der Waals surface area contributed by atoms with E-state index in [4.69, 9.17) is 9.72 Å². The van der Waals surface area contributed by atoms with Crippen LogP contribution in [0.5, 0.6) is 0 Å². The van der Waals surface area contributed by atoms with E-state index in [1.165, 1.54) is 23.8 Å². The summed E-state index contributed by atoms with van der Waals surface area (Å²) < 4.78 is 7.60. The topological polar surface area (TPSA) is 59.4 Å². The second kappa shape index (κ2) is 8.94. The second-order valence-corrected chi connectivity index (χ2v) is 9.02. The number of methoxy groups -OCH3 is 1. The van der Waals surface area contributed by atoms with Gasteiger partial charge in [0.15, 0.2) is 0 Å². The summed E-state index contributed by atoms with van der Waals surface area (Å²) in [5, 5.41) is 3.49. The van der Waals surface area contributed by atoms with Crippen molar-refractivity contribution >= 4 is 22.8 Å². The van der Waals surface area contributed by atoms with Crippen molar-refractivity contribution in [2.75, 3.05) is 25.1 Å². The van der Waals surface area contributed by atoms with E-state index < -0.39 is 0 Å². The third-order valence-electron chi connectivity index (χ3n) is 7.05. The zero-order valence-corrected chi connectivity index (χ0v) is 19.0. The maximum Gasteiger partial charge on any atom is 0.414 e. The number of aryl methyl sites for hydroxylation is 3. The number of rotatable bonds is 4. The largest absolute Gasteiger partial charge is 0.452 e. The Hall–Kier alpha value is -2.86. The molecule has 2 aliphatic rings. The smallest absolute Gasteiger partial charge is 0.414 e. The molecule has 0 spiro atoms. The minimum atomic E-state index is -0.292. The van der Waals surface area contributed by atoms with Gasteiger partial charge in [0.25, 0.3) is 0 Å². The summed E-state index contributed by atoms with van der Waals surface area (Å²) in [7, 11) is 1.45. The quantitative estimate of drug-likeness (QED) is 0.652. The number of hydrogen-bond acceptors (Lipinski definition) is 4. The number of nitrogens with one attached hydrogen (secondary N) is 1. The van der Waals surface area contributed by atoms with E-state index in [2.05, 4.69) is 59.3 Å². The molecule has 0 unspecified atom stereocenters. The average Bonchev–Trinajstić information content (AvgIpc) is 3.22. The van der Waals surface area contributed by atoms with Gasteiger partial charge in [0.05, 0.1) is 23.8 Å². The van der Waals surface area contributed by atoms with Gasteiger partial charge in [-0.15, -0.1) is 0 Å². The monoisotopic (exact) mass is 432 g/mol. The predicted octanol–water partition coefficient (Wildman–Crippen LogP) is 4.65. The Bertz CT molecular complexity index is 1100. The van der Waals surface area contributed by atoms with Gasteiger partial charge in [0.2, 0.25) is 0 Å². The van der Waals surface area contributed by atoms with Crippen molar-refractivity contribution in [3.8, 4) is 0 Å². The number of benzene rings is 2. The molecule has 0 bridgehead atoms. The maximum atomic E-state index is 12.5. The molecule has 1 fully saturated rings. The van der Waals surface area contributed by atoms with Crippen LogP contribution < -0.4 is 10.2 Å². The highest BCUT2D eigenvalue weighted by Gasteiger charge is 2.32. The van der Waals surface area contributed by atoms with Crippen LogP contribution in [0.15, 0.2) is 42.5 Å². The highest BCUT2D eigenvalue weighted by molar-refractivity contribution is 5.95. The molecular weight excluding hydrogens is 400 g/mol. The summed E-state index contributed by atoms with van der Waals surface area (Å²) >= 11 is 0. The first-order valence-corrected chi connectivity index (χ1v) is 11.8. The van der Waals surface area contributed by atoms with Gasteiger partial charge in [-0.25, -0.2) is 9.78 Å². The Morgan fingerprint density at radius 1 is 1.09 bits per heavy atom. The lowest BCUT2D eigenvalue weighted by atomic mass is 9.95. The van der Waals surface area contributed by atoms with Crippen LogP contribution in [0.4, 0.5) is 10.5 Å². The molecule has 1 N–H and O–H groups in total. The standard InChI is InChI=1S/C26H32N4O2/c1-18-8-10-21-22(29(18)26(31)32-2)11-12-23-25(21)28-24(13-9-19-6-4-3-5-7-19)30(23)20-14-16-27-17-15-20/h3-7,11-12,18,20,27H,8-10,13-17H2,1-2H3/t18-/m0/s1. The number of imidazole rings is 1. The van der Waals surface area contributed by atoms with Crippen LogP contribution in [0.1, 0.15) is 49.2 Å². The lowest BCUT2D eigenvalue weighted by molar-refractivity contribution is 0.175. The van der Waals surface area contributed by atoms with Crippen LogP contribution in [0.2, 0.25) is 0 Å². The minimum Gasteiger partial charge on any atom is -0.452 e. The van der Waals surface area contributed by atoms with Gasteiger partial charge in [-0.1, -0.05) is 30.3 Å². The van der Waals surface area contributed by atoms with E-state index in [9.17, 15) is 4.79 Å². The lowest BCUT2D eigenvalue weighted by Gasteiger charge is -2.34. The number of ether oxygens (including phenoxy) is 1. The van der Waals surface area contributed by atoms with Crippen molar-refractivity contribution < 1.29 is 9.53 Å². The first-order valence-electron chi connectivity index (χ1n) is 11.8. The van der Waals surface area contributed by atoms with Crippen molar-refractivity contribution in [3.05, 3.63) is 59.4 Å². The predicted molar refractivity (Wildman–Crippen MR) is 127 cm³/mol. The summed E-state index contributed by atoms with van der Waals surface area (Å²) in [5.74, 6) is 1.16. The van der Waals surface area contributed by atoms with E-state index in [1.807, 2.05) is 0 Å². The van der Waals surface area contributed by atoms with Crippen molar-refractivity contribution in [3.63, 3.8) is 0 Å². The molecule has 6 heteroatoms. The molecule has 0 saturated carbocycles. The molecule has 6 nitrogen and oxygen atoms in total. The number of anilines is 1. The van der Waals surface area contributed by atoms with Gasteiger partial charge >= 0.3 is 6.09 Å². The molecule has 2 aromatic carbocycles. The van der Waals surface area contributed by atoms with Gasteiger partial charge in [-0.05, 0) is 69.8 Å². The van der Waals surface area contributed by atoms with Crippen molar-refractivity contribution in [2.24, 2.45) is 0 Å². The number of aromatic nitrogens is 2. The van der Waals surface area contributed by atoms with Crippen molar-refractivity contribution in [1.29, 1.82) is 0 Å². The highest BCUT2D eigenvalue weighted by atomic mass is 16.5. The molecule has 5 rings (SSSR count). The molecule has 32 heavy (non-hydrogen) atoms. The van der Waals surface area contributed by atoms with Gasteiger partial charge in [0, 0.05) is 24.1 Å². The van der Waals surface area contributed by atoms with Crippen LogP contribution in [-0.2, 0) is 24.0 Å². The molecule has 0 aliphatic carbocycles. The zero-order valence-electron chi connectivity index (χ0n) is 19.0. The zero-order chi connectivity index (χ0) is 22.1. The van der Waals surface area contributed by atoms with E-state index in [1.54, 1.807) is 4.90 Å². The first-order chi connectivity index (χ1) is 15.7. The molecule has 168 valence electrons. The number of amides is 1. The molecule has 1 amide bonds. The molecule has 2 aliphatic heterocycles. The number of fused-ring (bicyclic) bond motifs is 3. The Balaban J connectivity index is 1.59. The molecule has 1 saturated heterocycles. The summed E-state index contributed by atoms with van der Waals surface area (Å²) in [5.41, 5.74) is 5.74. The van der Waals surface area contributed by atoms with Crippen LogP contribution >= 0.6 is 0 Å². The van der Waals surface area contributed by atoms with Gasteiger partial charge in [0.1, 0.15) is 5.82 Å².